The van der Waals surface area contributed by atoms with Crippen LogP contribution in [-0.4, -0.2) is 6.61 Å². The molecular formula is C19H22F2O. The molecule has 3 rings (SSSR count). The van der Waals surface area contributed by atoms with E-state index in [1.54, 1.807) is 12.1 Å². The molecule has 0 bridgehead atoms. The minimum atomic E-state index is -0.740. The van der Waals surface area contributed by atoms with Crippen molar-refractivity contribution >= 4 is 5.57 Å². The van der Waals surface area contributed by atoms with Gasteiger partial charge in [-0.15, -0.1) is 0 Å². The van der Waals surface area contributed by atoms with Crippen LogP contribution in [-0.2, 0) is 4.74 Å². The van der Waals surface area contributed by atoms with E-state index in [-0.39, 0.29) is 6.10 Å². The van der Waals surface area contributed by atoms with Crippen LogP contribution in [0.2, 0.25) is 0 Å². The quantitative estimate of drug-likeness (QED) is 0.511. The average molecular weight is 304 g/mol. The summed E-state index contributed by atoms with van der Waals surface area (Å²) in [6.45, 7) is 2.53. The Hall–Kier alpha value is -1.48. The summed E-state index contributed by atoms with van der Waals surface area (Å²) in [5, 5.41) is 0. The molecule has 1 saturated heterocycles. The van der Waals surface area contributed by atoms with E-state index in [0.29, 0.717) is 23.7 Å². The van der Waals surface area contributed by atoms with Gasteiger partial charge < -0.3 is 4.74 Å². The zero-order valence-electron chi connectivity index (χ0n) is 12.9. The molecule has 22 heavy (non-hydrogen) atoms. The first-order valence-electron chi connectivity index (χ1n) is 8.10. The molecule has 1 aromatic carbocycles. The van der Waals surface area contributed by atoms with Crippen molar-refractivity contribution < 1.29 is 13.5 Å². The van der Waals surface area contributed by atoms with Gasteiger partial charge in [0.25, 0.3) is 0 Å². The van der Waals surface area contributed by atoms with Crippen molar-refractivity contribution in [3.63, 3.8) is 0 Å². The van der Waals surface area contributed by atoms with E-state index in [2.05, 4.69) is 18.2 Å². The zero-order valence-corrected chi connectivity index (χ0v) is 12.9. The van der Waals surface area contributed by atoms with E-state index in [1.807, 2.05) is 6.92 Å². The van der Waals surface area contributed by atoms with Gasteiger partial charge in [0.15, 0.2) is 11.6 Å². The molecule has 0 aromatic heterocycles. The maximum atomic E-state index is 14.3. The highest BCUT2D eigenvalue weighted by atomic mass is 19.2. The summed E-state index contributed by atoms with van der Waals surface area (Å²) in [6.07, 6.45) is 11.2. The standard InChI is InChI=1S/C19H22F2O/c1-2-3-4-5-13-6-8-14(9-7-13)15-10-11-16(17-12-22-17)19(21)18(15)20/h2-3,8,10-11,13,17H,4-7,9,12H2,1H3/b3-2+. The van der Waals surface area contributed by atoms with Crippen LogP contribution in [0.25, 0.3) is 5.57 Å². The van der Waals surface area contributed by atoms with Crippen molar-refractivity contribution in [3.05, 3.63) is 53.1 Å². The molecule has 1 aromatic rings. The van der Waals surface area contributed by atoms with Crippen LogP contribution in [0.3, 0.4) is 0 Å². The molecule has 1 fully saturated rings. The minimum absolute atomic E-state index is 0.250. The third-order valence-corrected chi connectivity index (χ3v) is 4.64. The topological polar surface area (TPSA) is 12.5 Å². The van der Waals surface area contributed by atoms with Gasteiger partial charge in [-0.05, 0) is 50.5 Å². The van der Waals surface area contributed by atoms with E-state index in [1.165, 1.54) is 6.42 Å². The highest BCUT2D eigenvalue weighted by molar-refractivity contribution is 5.67. The number of allylic oxidation sites excluding steroid dienone is 4. The van der Waals surface area contributed by atoms with Gasteiger partial charge >= 0.3 is 0 Å². The second kappa shape index (κ2) is 6.74. The van der Waals surface area contributed by atoms with E-state index in [4.69, 9.17) is 4.74 Å². The summed E-state index contributed by atoms with van der Waals surface area (Å²) in [7, 11) is 0. The summed E-state index contributed by atoms with van der Waals surface area (Å²) in [5.41, 5.74) is 1.72. The number of hydrogen-bond acceptors (Lipinski definition) is 1. The fraction of sp³-hybridized carbons (Fsp3) is 0.474. The maximum absolute atomic E-state index is 14.3. The number of rotatable bonds is 5. The summed E-state index contributed by atoms with van der Waals surface area (Å²) >= 11 is 0. The molecule has 2 unspecified atom stereocenters. The van der Waals surface area contributed by atoms with Crippen molar-refractivity contribution in [2.75, 3.05) is 6.61 Å². The van der Waals surface area contributed by atoms with Gasteiger partial charge in [-0.3, -0.25) is 0 Å². The molecule has 1 heterocycles. The second-order valence-electron chi connectivity index (χ2n) is 6.17. The van der Waals surface area contributed by atoms with Crippen molar-refractivity contribution in [1.29, 1.82) is 0 Å². The fourth-order valence-corrected chi connectivity index (χ4v) is 3.18. The summed E-state index contributed by atoms with van der Waals surface area (Å²) in [5.74, 6) is -0.797. The Morgan fingerprint density at radius 1 is 1.27 bits per heavy atom. The minimum Gasteiger partial charge on any atom is -0.368 e. The second-order valence-corrected chi connectivity index (χ2v) is 6.17. The number of benzene rings is 1. The molecule has 0 radical (unpaired) electrons. The highest BCUT2D eigenvalue weighted by Gasteiger charge is 2.30. The molecule has 0 amide bonds. The van der Waals surface area contributed by atoms with E-state index >= 15 is 0 Å². The number of halogens is 2. The normalized spacial score (nSPS) is 24.6. The predicted molar refractivity (Wildman–Crippen MR) is 84.4 cm³/mol. The molecule has 1 aliphatic heterocycles. The van der Waals surface area contributed by atoms with E-state index in [0.717, 1.165) is 31.3 Å². The zero-order chi connectivity index (χ0) is 15.5. The van der Waals surface area contributed by atoms with Gasteiger partial charge in [0.1, 0.15) is 6.10 Å². The van der Waals surface area contributed by atoms with Crippen LogP contribution in [0, 0.1) is 17.6 Å². The first-order chi connectivity index (χ1) is 10.7. The number of epoxide rings is 1. The Bertz CT molecular complexity index is 600. The SMILES string of the molecule is C/C=C/CCC1CC=C(c2ccc(C3CO3)c(F)c2F)CC1. The Morgan fingerprint density at radius 3 is 2.73 bits per heavy atom. The third-order valence-electron chi connectivity index (χ3n) is 4.64. The summed E-state index contributed by atoms with van der Waals surface area (Å²) in [4.78, 5) is 0. The van der Waals surface area contributed by atoms with Gasteiger partial charge in [0.2, 0.25) is 0 Å². The fourth-order valence-electron chi connectivity index (χ4n) is 3.18. The predicted octanol–water partition coefficient (Wildman–Crippen LogP) is 5.58. The van der Waals surface area contributed by atoms with Gasteiger partial charge in [-0.2, -0.15) is 0 Å². The average Bonchev–Trinajstić information content (AvgIpc) is 3.36. The molecule has 2 aliphatic rings. The van der Waals surface area contributed by atoms with Gasteiger partial charge in [0.05, 0.1) is 6.61 Å². The van der Waals surface area contributed by atoms with E-state index < -0.39 is 11.6 Å². The Kier molecular flexibility index (Phi) is 4.72. The molecule has 3 heteroatoms. The molecular weight excluding hydrogens is 282 g/mol. The highest BCUT2D eigenvalue weighted by Crippen LogP contribution is 2.37. The molecule has 2 atom stereocenters. The van der Waals surface area contributed by atoms with Gasteiger partial charge in [0, 0.05) is 11.1 Å². The third kappa shape index (κ3) is 3.30. The van der Waals surface area contributed by atoms with E-state index in [9.17, 15) is 8.78 Å². The van der Waals surface area contributed by atoms with Crippen molar-refractivity contribution in [2.45, 2.75) is 45.1 Å². The Morgan fingerprint density at radius 2 is 2.09 bits per heavy atom. The number of ether oxygens (including phenoxy) is 1. The molecule has 0 spiro atoms. The lowest BCUT2D eigenvalue weighted by molar-refractivity contribution is 0.401. The van der Waals surface area contributed by atoms with Crippen molar-refractivity contribution in [3.8, 4) is 0 Å². The molecule has 0 saturated carbocycles. The Balaban J connectivity index is 1.71. The monoisotopic (exact) mass is 304 g/mol. The molecule has 118 valence electrons. The molecule has 1 nitrogen and oxygen atoms in total. The lowest BCUT2D eigenvalue weighted by Crippen LogP contribution is -2.07. The lowest BCUT2D eigenvalue weighted by Gasteiger charge is -2.22. The lowest BCUT2D eigenvalue weighted by atomic mass is 9.84. The van der Waals surface area contributed by atoms with Crippen LogP contribution in [0.4, 0.5) is 8.78 Å². The van der Waals surface area contributed by atoms with Crippen LogP contribution in [0.1, 0.15) is 56.3 Å². The van der Waals surface area contributed by atoms with Gasteiger partial charge in [-0.25, -0.2) is 8.78 Å². The molecule has 1 aliphatic carbocycles. The van der Waals surface area contributed by atoms with Crippen LogP contribution >= 0.6 is 0 Å². The summed E-state index contributed by atoms with van der Waals surface area (Å²) < 4.78 is 33.4. The first kappa shape index (κ1) is 15.4. The Labute approximate surface area is 130 Å². The largest absolute Gasteiger partial charge is 0.368 e. The summed E-state index contributed by atoms with van der Waals surface area (Å²) in [6, 6.07) is 3.38. The maximum Gasteiger partial charge on any atom is 0.166 e. The van der Waals surface area contributed by atoms with Gasteiger partial charge in [-0.1, -0.05) is 30.4 Å². The van der Waals surface area contributed by atoms with Crippen LogP contribution in [0.15, 0.2) is 30.4 Å². The molecule has 0 N–H and O–H groups in total. The smallest absolute Gasteiger partial charge is 0.166 e. The number of hydrogen-bond donors (Lipinski definition) is 0. The van der Waals surface area contributed by atoms with Crippen LogP contribution < -0.4 is 0 Å². The first-order valence-corrected chi connectivity index (χ1v) is 8.10. The van der Waals surface area contributed by atoms with Crippen LogP contribution in [0.5, 0.6) is 0 Å². The van der Waals surface area contributed by atoms with Crippen molar-refractivity contribution in [1.82, 2.24) is 0 Å². The van der Waals surface area contributed by atoms with Crippen molar-refractivity contribution in [2.24, 2.45) is 5.92 Å².